The van der Waals surface area contributed by atoms with Gasteiger partial charge in [0.25, 0.3) is 0 Å². The Hall–Kier alpha value is -1.38. The molecule has 0 atom stereocenters. The van der Waals surface area contributed by atoms with Gasteiger partial charge < -0.3 is 11.5 Å². The lowest BCUT2D eigenvalue weighted by atomic mass is 9.73. The van der Waals surface area contributed by atoms with Crippen molar-refractivity contribution in [2.75, 3.05) is 0 Å². The fraction of sp³-hybridized carbons (Fsp3) is 0.444. The quantitative estimate of drug-likeness (QED) is 0.821. The van der Waals surface area contributed by atoms with Gasteiger partial charge in [-0.1, -0.05) is 63.6 Å². The van der Waals surface area contributed by atoms with E-state index in [9.17, 15) is 0 Å². The molecule has 0 unspecified atom stereocenters. The molecule has 0 saturated carbocycles. The maximum atomic E-state index is 6.16. The first-order valence-electron chi connectivity index (χ1n) is 7.45. The standard InChI is InChI=1S/C18H26N2/c1-4-5-8-14-9-6-7-10-16(14)15-11-12-18(19,20)17(2,3)13-15/h6-7,9-13H,4-5,8,19-20H2,1-3H3. The van der Waals surface area contributed by atoms with Crippen molar-refractivity contribution in [1.82, 2.24) is 0 Å². The number of rotatable bonds is 4. The van der Waals surface area contributed by atoms with E-state index in [1.807, 2.05) is 6.08 Å². The summed E-state index contributed by atoms with van der Waals surface area (Å²) >= 11 is 0. The highest BCUT2D eigenvalue weighted by Gasteiger charge is 2.37. The van der Waals surface area contributed by atoms with Crippen LogP contribution in [0.1, 0.15) is 44.7 Å². The molecule has 20 heavy (non-hydrogen) atoms. The maximum Gasteiger partial charge on any atom is 0.0919 e. The highest BCUT2D eigenvalue weighted by Crippen LogP contribution is 2.37. The molecule has 0 aromatic heterocycles. The third kappa shape index (κ3) is 2.87. The minimum Gasteiger partial charge on any atom is -0.309 e. The van der Waals surface area contributed by atoms with Crippen molar-refractivity contribution >= 4 is 5.57 Å². The highest BCUT2D eigenvalue weighted by atomic mass is 15.0. The van der Waals surface area contributed by atoms with E-state index >= 15 is 0 Å². The first-order valence-corrected chi connectivity index (χ1v) is 7.45. The second-order valence-electron chi connectivity index (χ2n) is 6.35. The van der Waals surface area contributed by atoms with Crippen LogP contribution in [0.2, 0.25) is 0 Å². The van der Waals surface area contributed by atoms with E-state index in [2.05, 4.69) is 57.2 Å². The zero-order valence-corrected chi connectivity index (χ0v) is 12.8. The van der Waals surface area contributed by atoms with Gasteiger partial charge in [0.2, 0.25) is 0 Å². The lowest BCUT2D eigenvalue weighted by molar-refractivity contribution is 0.290. The summed E-state index contributed by atoms with van der Waals surface area (Å²) in [6.45, 7) is 6.40. The molecule has 0 amide bonds. The van der Waals surface area contributed by atoms with Gasteiger partial charge in [-0.05, 0) is 35.6 Å². The molecule has 1 aromatic rings. The highest BCUT2D eigenvalue weighted by molar-refractivity contribution is 5.78. The summed E-state index contributed by atoms with van der Waals surface area (Å²) in [6, 6.07) is 8.62. The van der Waals surface area contributed by atoms with Crippen LogP contribution >= 0.6 is 0 Å². The molecule has 0 spiro atoms. The van der Waals surface area contributed by atoms with E-state index < -0.39 is 5.66 Å². The SMILES string of the molecule is CCCCc1ccccc1C1=CC(C)(C)C(N)(N)C=C1. The summed E-state index contributed by atoms with van der Waals surface area (Å²) < 4.78 is 0. The molecule has 1 aromatic carbocycles. The van der Waals surface area contributed by atoms with E-state index in [1.165, 1.54) is 29.5 Å². The van der Waals surface area contributed by atoms with Crippen molar-refractivity contribution in [1.29, 1.82) is 0 Å². The number of allylic oxidation sites excluding steroid dienone is 2. The van der Waals surface area contributed by atoms with Crippen LogP contribution in [0.5, 0.6) is 0 Å². The predicted octanol–water partition coefficient (Wildman–Crippen LogP) is 3.62. The van der Waals surface area contributed by atoms with Gasteiger partial charge in [0.1, 0.15) is 0 Å². The summed E-state index contributed by atoms with van der Waals surface area (Å²) in [5.41, 5.74) is 15.2. The van der Waals surface area contributed by atoms with E-state index in [0.29, 0.717) is 0 Å². The van der Waals surface area contributed by atoms with Gasteiger partial charge in [0.05, 0.1) is 5.66 Å². The van der Waals surface area contributed by atoms with E-state index in [1.54, 1.807) is 0 Å². The largest absolute Gasteiger partial charge is 0.309 e. The number of nitrogens with two attached hydrogens (primary N) is 2. The smallest absolute Gasteiger partial charge is 0.0919 e. The Morgan fingerprint density at radius 2 is 1.80 bits per heavy atom. The third-order valence-electron chi connectivity index (χ3n) is 4.30. The predicted molar refractivity (Wildman–Crippen MR) is 87.1 cm³/mol. The molecule has 108 valence electrons. The summed E-state index contributed by atoms with van der Waals surface area (Å²) in [6.07, 6.45) is 9.75. The Kier molecular flexibility index (Phi) is 4.17. The van der Waals surface area contributed by atoms with Gasteiger partial charge in [-0.25, -0.2) is 0 Å². The number of hydrogen-bond donors (Lipinski definition) is 2. The van der Waals surface area contributed by atoms with Crippen LogP contribution in [0.15, 0.2) is 42.5 Å². The van der Waals surface area contributed by atoms with Crippen molar-refractivity contribution in [2.45, 2.75) is 45.7 Å². The van der Waals surface area contributed by atoms with Crippen molar-refractivity contribution in [3.8, 4) is 0 Å². The van der Waals surface area contributed by atoms with Gasteiger partial charge in [-0.2, -0.15) is 0 Å². The van der Waals surface area contributed by atoms with Crippen molar-refractivity contribution in [3.63, 3.8) is 0 Å². The summed E-state index contributed by atoms with van der Waals surface area (Å²) in [5.74, 6) is 0. The molecule has 1 aliphatic carbocycles. The van der Waals surface area contributed by atoms with E-state index in [4.69, 9.17) is 11.5 Å². The van der Waals surface area contributed by atoms with Gasteiger partial charge in [-0.3, -0.25) is 0 Å². The molecule has 0 aliphatic heterocycles. The molecule has 0 bridgehead atoms. The molecule has 0 saturated heterocycles. The second-order valence-corrected chi connectivity index (χ2v) is 6.35. The Balaban J connectivity index is 2.38. The van der Waals surface area contributed by atoms with Crippen LogP contribution in [0.3, 0.4) is 0 Å². The fourth-order valence-electron chi connectivity index (χ4n) is 2.56. The molecule has 2 heteroatoms. The zero-order valence-electron chi connectivity index (χ0n) is 12.8. The second kappa shape index (κ2) is 5.55. The molecule has 2 nitrogen and oxygen atoms in total. The lowest BCUT2D eigenvalue weighted by Gasteiger charge is -2.39. The molecule has 1 aliphatic rings. The van der Waals surface area contributed by atoms with Crippen LogP contribution < -0.4 is 11.5 Å². The molecule has 2 rings (SSSR count). The number of unbranched alkanes of at least 4 members (excludes halogenated alkanes) is 1. The van der Waals surface area contributed by atoms with Crippen molar-refractivity contribution in [3.05, 3.63) is 53.6 Å². The number of benzene rings is 1. The normalized spacial score (nSPS) is 19.8. The van der Waals surface area contributed by atoms with Crippen LogP contribution in [-0.4, -0.2) is 5.66 Å². The summed E-state index contributed by atoms with van der Waals surface area (Å²) in [4.78, 5) is 0. The first kappa shape index (κ1) is 15.0. The Morgan fingerprint density at radius 1 is 1.10 bits per heavy atom. The van der Waals surface area contributed by atoms with Crippen molar-refractivity contribution in [2.24, 2.45) is 16.9 Å². The molecular formula is C18H26N2. The Bertz CT molecular complexity index is 536. The topological polar surface area (TPSA) is 52.0 Å². The third-order valence-corrected chi connectivity index (χ3v) is 4.30. The monoisotopic (exact) mass is 270 g/mol. The van der Waals surface area contributed by atoms with Gasteiger partial charge in [-0.15, -0.1) is 0 Å². The lowest BCUT2D eigenvalue weighted by Crippen LogP contribution is -2.58. The molecule has 0 fully saturated rings. The average Bonchev–Trinajstić information content (AvgIpc) is 2.40. The minimum atomic E-state index is -0.783. The average molecular weight is 270 g/mol. The van der Waals surface area contributed by atoms with Crippen LogP contribution in [0, 0.1) is 5.41 Å². The van der Waals surface area contributed by atoms with Crippen molar-refractivity contribution < 1.29 is 0 Å². The Morgan fingerprint density at radius 3 is 2.45 bits per heavy atom. The van der Waals surface area contributed by atoms with Crippen LogP contribution in [-0.2, 0) is 6.42 Å². The molecule has 4 N–H and O–H groups in total. The summed E-state index contributed by atoms with van der Waals surface area (Å²) in [7, 11) is 0. The van der Waals surface area contributed by atoms with Gasteiger partial charge in [0, 0.05) is 5.41 Å². The minimum absolute atomic E-state index is 0.255. The zero-order chi connectivity index (χ0) is 14.8. The van der Waals surface area contributed by atoms with Crippen LogP contribution in [0.25, 0.3) is 5.57 Å². The summed E-state index contributed by atoms with van der Waals surface area (Å²) in [5, 5.41) is 0. The Labute approximate surface area is 122 Å². The number of aryl methyl sites for hydroxylation is 1. The first-order chi connectivity index (χ1) is 9.37. The molecule has 0 radical (unpaired) electrons. The molecular weight excluding hydrogens is 244 g/mol. The van der Waals surface area contributed by atoms with Crippen LogP contribution in [0.4, 0.5) is 0 Å². The number of hydrogen-bond acceptors (Lipinski definition) is 2. The van der Waals surface area contributed by atoms with Gasteiger partial charge in [0.15, 0.2) is 0 Å². The maximum absolute atomic E-state index is 6.16. The fourth-order valence-corrected chi connectivity index (χ4v) is 2.56. The van der Waals surface area contributed by atoms with Gasteiger partial charge >= 0.3 is 0 Å². The molecule has 0 heterocycles. The van der Waals surface area contributed by atoms with E-state index in [-0.39, 0.29) is 5.41 Å². The van der Waals surface area contributed by atoms with E-state index in [0.717, 1.165) is 6.42 Å².